The molecule has 0 heterocycles. The number of amides is 1. The summed E-state index contributed by atoms with van der Waals surface area (Å²) < 4.78 is 24.6. The van der Waals surface area contributed by atoms with Gasteiger partial charge in [-0.05, 0) is 36.8 Å². The van der Waals surface area contributed by atoms with E-state index in [-0.39, 0.29) is 5.69 Å². The predicted molar refractivity (Wildman–Crippen MR) is 100 cm³/mol. The van der Waals surface area contributed by atoms with Gasteiger partial charge in [-0.2, -0.15) is 0 Å². The molecule has 9 heteroatoms. The van der Waals surface area contributed by atoms with Crippen molar-refractivity contribution in [3.8, 4) is 0 Å². The second kappa shape index (κ2) is 7.79. The number of nitrogens with one attached hydrogen (secondary N) is 2. The fourth-order valence-corrected chi connectivity index (χ4v) is 2.68. The van der Waals surface area contributed by atoms with Crippen LogP contribution in [-0.2, 0) is 14.8 Å². The number of carbonyl (C=O) groups excluding carboxylic acids is 1. The Labute approximate surface area is 150 Å². The third kappa shape index (κ3) is 5.71. The highest BCUT2D eigenvalue weighted by atomic mass is 32.2. The van der Waals surface area contributed by atoms with Gasteiger partial charge in [-0.25, -0.2) is 8.42 Å². The highest BCUT2D eigenvalue weighted by Gasteiger charge is 2.11. The van der Waals surface area contributed by atoms with Crippen LogP contribution < -0.4 is 10.0 Å². The Morgan fingerprint density at radius 3 is 2.31 bits per heavy atom. The van der Waals surface area contributed by atoms with Crippen molar-refractivity contribution in [2.24, 2.45) is 0 Å². The smallest absolute Gasteiger partial charge is 0.274 e. The van der Waals surface area contributed by atoms with Gasteiger partial charge in [-0.1, -0.05) is 18.2 Å². The summed E-state index contributed by atoms with van der Waals surface area (Å²) in [6.45, 7) is 1.62. The molecule has 0 saturated heterocycles. The number of rotatable bonds is 6. The van der Waals surface area contributed by atoms with Crippen LogP contribution in [-0.4, -0.2) is 25.5 Å². The van der Waals surface area contributed by atoms with Crippen molar-refractivity contribution in [1.82, 2.24) is 0 Å². The first-order valence-corrected chi connectivity index (χ1v) is 9.35. The minimum absolute atomic E-state index is 0.0688. The molecule has 0 spiro atoms. The summed E-state index contributed by atoms with van der Waals surface area (Å²) in [6.07, 6.45) is 3.88. The van der Waals surface area contributed by atoms with E-state index < -0.39 is 20.9 Å². The number of hydrogen-bond donors (Lipinski definition) is 2. The lowest BCUT2D eigenvalue weighted by Gasteiger charge is -2.04. The van der Waals surface area contributed by atoms with Crippen molar-refractivity contribution >= 4 is 39.1 Å². The van der Waals surface area contributed by atoms with Gasteiger partial charge in [-0.15, -0.1) is 0 Å². The fraction of sp³-hybridized carbons (Fsp3) is 0.118. The predicted octanol–water partition coefficient (Wildman–Crippen LogP) is 2.93. The molecule has 2 N–H and O–H groups in total. The average molecular weight is 375 g/mol. The Morgan fingerprint density at radius 1 is 1.12 bits per heavy atom. The quantitative estimate of drug-likeness (QED) is 0.457. The van der Waals surface area contributed by atoms with Gasteiger partial charge in [0.25, 0.3) is 5.69 Å². The van der Waals surface area contributed by atoms with Crippen LogP contribution in [0.3, 0.4) is 0 Å². The van der Waals surface area contributed by atoms with Crippen LogP contribution >= 0.6 is 0 Å². The second-order valence-corrected chi connectivity index (χ2v) is 7.33. The van der Waals surface area contributed by atoms with Crippen LogP contribution in [0.15, 0.2) is 48.5 Å². The Bertz CT molecular complexity index is 966. The van der Waals surface area contributed by atoms with Crippen molar-refractivity contribution in [3.63, 3.8) is 0 Å². The van der Waals surface area contributed by atoms with Crippen LogP contribution in [0, 0.1) is 17.0 Å². The van der Waals surface area contributed by atoms with Crippen molar-refractivity contribution < 1.29 is 18.1 Å². The van der Waals surface area contributed by atoms with Gasteiger partial charge in [0.1, 0.15) is 0 Å². The maximum absolute atomic E-state index is 11.9. The van der Waals surface area contributed by atoms with E-state index in [2.05, 4.69) is 10.0 Å². The third-order valence-corrected chi connectivity index (χ3v) is 3.92. The number of aryl methyl sites for hydroxylation is 1. The minimum Gasteiger partial charge on any atom is -0.322 e. The van der Waals surface area contributed by atoms with Gasteiger partial charge in [0.2, 0.25) is 15.9 Å². The molecule has 0 bridgehead atoms. The molecular formula is C17H17N3O5S. The Morgan fingerprint density at radius 2 is 1.73 bits per heavy atom. The summed E-state index contributed by atoms with van der Waals surface area (Å²) in [5.74, 6) is -0.443. The number of anilines is 2. The molecule has 0 radical (unpaired) electrons. The summed E-state index contributed by atoms with van der Waals surface area (Å²) in [6, 6.07) is 10.9. The summed E-state index contributed by atoms with van der Waals surface area (Å²) in [4.78, 5) is 22.4. The van der Waals surface area contributed by atoms with E-state index in [0.717, 1.165) is 6.26 Å². The summed E-state index contributed by atoms with van der Waals surface area (Å²) in [7, 11) is -3.34. The lowest BCUT2D eigenvalue weighted by Crippen LogP contribution is -2.09. The lowest BCUT2D eigenvalue weighted by atomic mass is 10.2. The summed E-state index contributed by atoms with van der Waals surface area (Å²) in [5, 5.41) is 13.5. The zero-order chi connectivity index (χ0) is 19.3. The molecule has 0 unspecified atom stereocenters. The molecular weight excluding hydrogens is 358 g/mol. The Hall–Kier alpha value is -3.20. The third-order valence-electron chi connectivity index (χ3n) is 3.31. The first-order chi connectivity index (χ1) is 12.1. The molecule has 0 aliphatic heterocycles. The highest BCUT2D eigenvalue weighted by molar-refractivity contribution is 7.92. The molecule has 0 saturated carbocycles. The standard InChI is InChI=1S/C17H17N3O5S/c1-12-3-7-15(11-16(12)20(22)23)18-17(21)10-6-13-4-8-14(9-5-13)19-26(2,24)25/h3-11,19H,1-2H3,(H,18,21). The van der Waals surface area contributed by atoms with Crippen LogP contribution in [0.4, 0.5) is 17.1 Å². The van der Waals surface area contributed by atoms with Crippen LogP contribution in [0.5, 0.6) is 0 Å². The van der Waals surface area contributed by atoms with Gasteiger partial charge in [0, 0.05) is 29.1 Å². The van der Waals surface area contributed by atoms with Gasteiger partial charge in [0.05, 0.1) is 11.2 Å². The SMILES string of the molecule is Cc1ccc(NC(=O)C=Cc2ccc(NS(C)(=O)=O)cc2)cc1[N+](=O)[O-]. The number of nitro groups is 1. The summed E-state index contributed by atoms with van der Waals surface area (Å²) in [5.41, 5.74) is 1.87. The number of sulfonamides is 1. The van der Waals surface area contributed by atoms with Gasteiger partial charge < -0.3 is 5.32 Å². The molecule has 0 aliphatic rings. The molecule has 0 atom stereocenters. The second-order valence-electron chi connectivity index (χ2n) is 5.58. The maximum atomic E-state index is 11.9. The average Bonchev–Trinajstić information content (AvgIpc) is 2.54. The van der Waals surface area contributed by atoms with Crippen LogP contribution in [0.1, 0.15) is 11.1 Å². The molecule has 26 heavy (non-hydrogen) atoms. The Balaban J connectivity index is 2.03. The molecule has 0 fully saturated rings. The number of nitrogens with zero attached hydrogens (tertiary/aromatic N) is 1. The molecule has 8 nitrogen and oxygen atoms in total. The molecule has 1 amide bonds. The number of benzene rings is 2. The van der Waals surface area contributed by atoms with Crippen LogP contribution in [0.25, 0.3) is 6.08 Å². The van der Waals surface area contributed by atoms with E-state index in [0.29, 0.717) is 22.5 Å². The van der Waals surface area contributed by atoms with E-state index in [1.807, 2.05) is 0 Å². The molecule has 2 aromatic rings. The molecule has 136 valence electrons. The number of hydrogen-bond acceptors (Lipinski definition) is 5. The van der Waals surface area contributed by atoms with E-state index in [1.165, 1.54) is 12.1 Å². The zero-order valence-corrected chi connectivity index (χ0v) is 14.9. The first kappa shape index (κ1) is 19.1. The fourth-order valence-electron chi connectivity index (χ4n) is 2.12. The van der Waals surface area contributed by atoms with Crippen molar-refractivity contribution in [2.45, 2.75) is 6.92 Å². The van der Waals surface area contributed by atoms with Crippen molar-refractivity contribution in [1.29, 1.82) is 0 Å². The van der Waals surface area contributed by atoms with Crippen LogP contribution in [0.2, 0.25) is 0 Å². The van der Waals surface area contributed by atoms with Crippen molar-refractivity contribution in [3.05, 3.63) is 69.8 Å². The van der Waals surface area contributed by atoms with Gasteiger partial charge >= 0.3 is 0 Å². The first-order valence-electron chi connectivity index (χ1n) is 7.46. The van der Waals surface area contributed by atoms with E-state index in [4.69, 9.17) is 0 Å². The molecule has 0 aliphatic carbocycles. The van der Waals surface area contributed by atoms with E-state index in [9.17, 15) is 23.3 Å². The molecule has 0 aromatic heterocycles. The van der Waals surface area contributed by atoms with Gasteiger partial charge in [0.15, 0.2) is 0 Å². The monoisotopic (exact) mass is 375 g/mol. The zero-order valence-electron chi connectivity index (χ0n) is 14.1. The maximum Gasteiger partial charge on any atom is 0.274 e. The minimum atomic E-state index is -3.34. The molecule has 2 aromatic carbocycles. The van der Waals surface area contributed by atoms with Gasteiger partial charge in [-0.3, -0.25) is 19.6 Å². The Kier molecular flexibility index (Phi) is 5.73. The lowest BCUT2D eigenvalue weighted by molar-refractivity contribution is -0.385. The van der Waals surface area contributed by atoms with E-state index >= 15 is 0 Å². The van der Waals surface area contributed by atoms with Crippen molar-refractivity contribution in [2.75, 3.05) is 16.3 Å². The highest BCUT2D eigenvalue weighted by Crippen LogP contribution is 2.22. The normalized spacial score (nSPS) is 11.3. The number of nitro benzene ring substituents is 1. The largest absolute Gasteiger partial charge is 0.322 e. The molecule has 2 rings (SSSR count). The summed E-state index contributed by atoms with van der Waals surface area (Å²) >= 11 is 0. The van der Waals surface area contributed by atoms with E-state index in [1.54, 1.807) is 49.4 Å². The number of carbonyl (C=O) groups is 1. The topological polar surface area (TPSA) is 118 Å².